The van der Waals surface area contributed by atoms with Gasteiger partial charge in [-0.15, -0.1) is 12.4 Å². The van der Waals surface area contributed by atoms with Crippen LogP contribution < -0.4 is 10.6 Å². The molecule has 124 valence electrons. The fraction of sp³-hybridized carbons (Fsp3) is 0.316. The highest BCUT2D eigenvalue weighted by molar-refractivity contribution is 5.91. The normalized spacial score (nSPS) is 10.0. The number of anilines is 1. The summed E-state index contributed by atoms with van der Waals surface area (Å²) < 4.78 is 0. The third kappa shape index (κ3) is 6.05. The van der Waals surface area contributed by atoms with Crippen LogP contribution in [-0.2, 0) is 17.8 Å². The molecule has 0 aliphatic carbocycles. The van der Waals surface area contributed by atoms with Crippen LogP contribution in [0, 0.1) is 6.92 Å². The minimum atomic E-state index is 0. The molecule has 2 aromatic rings. The lowest BCUT2D eigenvalue weighted by atomic mass is 10.0. The van der Waals surface area contributed by atoms with Crippen molar-refractivity contribution >= 4 is 24.0 Å². The molecule has 0 radical (unpaired) electrons. The SMILES string of the molecule is CCNCc1ccccc1NC(=O)CCc1ccccc1C.Cl. The molecule has 1 amide bonds. The van der Waals surface area contributed by atoms with Gasteiger partial charge in [-0.2, -0.15) is 0 Å². The number of nitrogens with one attached hydrogen (secondary N) is 2. The van der Waals surface area contributed by atoms with Crippen molar-refractivity contribution < 1.29 is 4.79 Å². The van der Waals surface area contributed by atoms with Gasteiger partial charge in [0.25, 0.3) is 0 Å². The minimum Gasteiger partial charge on any atom is -0.326 e. The molecule has 0 aliphatic heterocycles. The van der Waals surface area contributed by atoms with E-state index in [9.17, 15) is 4.79 Å². The highest BCUT2D eigenvalue weighted by Crippen LogP contribution is 2.16. The zero-order chi connectivity index (χ0) is 15.8. The van der Waals surface area contributed by atoms with E-state index in [1.165, 1.54) is 11.1 Å². The Bertz CT molecular complexity index is 628. The third-order valence-electron chi connectivity index (χ3n) is 3.74. The molecule has 4 heteroatoms. The molecule has 0 aliphatic rings. The van der Waals surface area contributed by atoms with Crippen molar-refractivity contribution in [3.63, 3.8) is 0 Å². The van der Waals surface area contributed by atoms with Gasteiger partial charge in [0.05, 0.1) is 0 Å². The summed E-state index contributed by atoms with van der Waals surface area (Å²) in [6, 6.07) is 16.2. The quantitative estimate of drug-likeness (QED) is 0.801. The van der Waals surface area contributed by atoms with Crippen LogP contribution >= 0.6 is 12.4 Å². The number of carbonyl (C=O) groups is 1. The zero-order valence-electron chi connectivity index (χ0n) is 13.8. The maximum absolute atomic E-state index is 12.2. The Balaban J connectivity index is 0.00000264. The molecule has 0 saturated heterocycles. The van der Waals surface area contributed by atoms with Gasteiger partial charge in [0.15, 0.2) is 0 Å². The fourth-order valence-electron chi connectivity index (χ4n) is 2.41. The highest BCUT2D eigenvalue weighted by Gasteiger charge is 2.07. The molecule has 0 spiro atoms. The summed E-state index contributed by atoms with van der Waals surface area (Å²) >= 11 is 0. The van der Waals surface area contributed by atoms with E-state index in [0.717, 1.165) is 30.8 Å². The van der Waals surface area contributed by atoms with E-state index in [2.05, 4.69) is 36.6 Å². The van der Waals surface area contributed by atoms with Crippen LogP contribution in [0.15, 0.2) is 48.5 Å². The summed E-state index contributed by atoms with van der Waals surface area (Å²) in [6.45, 7) is 5.84. The van der Waals surface area contributed by atoms with Crippen molar-refractivity contribution in [2.24, 2.45) is 0 Å². The first-order valence-electron chi connectivity index (χ1n) is 7.83. The lowest BCUT2D eigenvalue weighted by molar-refractivity contribution is -0.116. The van der Waals surface area contributed by atoms with Gasteiger partial charge in [-0.25, -0.2) is 0 Å². The lowest BCUT2D eigenvalue weighted by Crippen LogP contribution is -2.17. The summed E-state index contributed by atoms with van der Waals surface area (Å²) in [5, 5.41) is 6.32. The maximum Gasteiger partial charge on any atom is 0.224 e. The van der Waals surface area contributed by atoms with Crippen LogP contribution in [0.4, 0.5) is 5.69 Å². The fourth-order valence-corrected chi connectivity index (χ4v) is 2.41. The standard InChI is InChI=1S/C19H24N2O.ClH/c1-3-20-14-17-10-6-7-11-18(17)21-19(22)13-12-16-9-5-4-8-15(16)2;/h4-11,20H,3,12-14H2,1-2H3,(H,21,22);1H. The maximum atomic E-state index is 12.2. The molecular weight excluding hydrogens is 308 g/mol. The number of hydrogen-bond donors (Lipinski definition) is 2. The van der Waals surface area contributed by atoms with Gasteiger partial charge in [-0.05, 0) is 42.6 Å². The Labute approximate surface area is 144 Å². The van der Waals surface area contributed by atoms with Crippen molar-refractivity contribution in [3.8, 4) is 0 Å². The van der Waals surface area contributed by atoms with Crippen LogP contribution in [0.1, 0.15) is 30.0 Å². The second-order valence-corrected chi connectivity index (χ2v) is 5.41. The van der Waals surface area contributed by atoms with E-state index in [1.807, 2.05) is 36.4 Å². The Morgan fingerprint density at radius 1 is 1.00 bits per heavy atom. The molecule has 0 unspecified atom stereocenters. The third-order valence-corrected chi connectivity index (χ3v) is 3.74. The van der Waals surface area contributed by atoms with Crippen LogP contribution in [0.25, 0.3) is 0 Å². The van der Waals surface area contributed by atoms with Gasteiger partial charge < -0.3 is 10.6 Å². The first-order valence-corrected chi connectivity index (χ1v) is 7.83. The number of halogens is 1. The summed E-state index contributed by atoms with van der Waals surface area (Å²) in [5.74, 6) is 0.0622. The molecule has 2 aromatic carbocycles. The minimum absolute atomic E-state index is 0. The molecule has 3 nitrogen and oxygen atoms in total. The Morgan fingerprint density at radius 2 is 1.65 bits per heavy atom. The van der Waals surface area contributed by atoms with Gasteiger partial charge in [0.2, 0.25) is 5.91 Å². The first-order chi connectivity index (χ1) is 10.7. The predicted octanol–water partition coefficient (Wildman–Crippen LogP) is 4.10. The highest BCUT2D eigenvalue weighted by atomic mass is 35.5. The second kappa shape index (κ2) is 10.0. The summed E-state index contributed by atoms with van der Waals surface area (Å²) in [7, 11) is 0. The van der Waals surface area contributed by atoms with Crippen molar-refractivity contribution in [3.05, 3.63) is 65.2 Å². The van der Waals surface area contributed by atoms with E-state index in [0.29, 0.717) is 6.42 Å². The molecule has 0 bridgehead atoms. The summed E-state index contributed by atoms with van der Waals surface area (Å²) in [5.41, 5.74) is 4.49. The van der Waals surface area contributed by atoms with Crippen molar-refractivity contribution in [1.29, 1.82) is 0 Å². The van der Waals surface area contributed by atoms with Crippen LogP contribution in [-0.4, -0.2) is 12.5 Å². The van der Waals surface area contributed by atoms with Crippen molar-refractivity contribution in [2.75, 3.05) is 11.9 Å². The average Bonchev–Trinajstić information content (AvgIpc) is 2.53. The average molecular weight is 333 g/mol. The predicted molar refractivity (Wildman–Crippen MR) is 99.2 cm³/mol. The van der Waals surface area contributed by atoms with Gasteiger partial charge in [0, 0.05) is 18.7 Å². The number of para-hydroxylation sites is 1. The zero-order valence-corrected chi connectivity index (χ0v) is 14.6. The van der Waals surface area contributed by atoms with Crippen LogP contribution in [0.3, 0.4) is 0 Å². The summed E-state index contributed by atoms with van der Waals surface area (Å²) in [4.78, 5) is 12.2. The summed E-state index contributed by atoms with van der Waals surface area (Å²) in [6.07, 6.45) is 1.27. The Morgan fingerprint density at radius 3 is 2.35 bits per heavy atom. The van der Waals surface area contributed by atoms with Gasteiger partial charge in [-0.3, -0.25) is 4.79 Å². The number of hydrogen-bond acceptors (Lipinski definition) is 2. The van der Waals surface area contributed by atoms with Crippen molar-refractivity contribution in [1.82, 2.24) is 5.32 Å². The molecule has 2 rings (SSSR count). The van der Waals surface area contributed by atoms with Crippen LogP contribution in [0.5, 0.6) is 0 Å². The number of carbonyl (C=O) groups excluding carboxylic acids is 1. The molecule has 0 saturated carbocycles. The lowest BCUT2D eigenvalue weighted by Gasteiger charge is -2.12. The molecular formula is C19H25ClN2O. The second-order valence-electron chi connectivity index (χ2n) is 5.41. The molecule has 0 atom stereocenters. The smallest absolute Gasteiger partial charge is 0.224 e. The monoisotopic (exact) mass is 332 g/mol. The Hall–Kier alpha value is -1.84. The van der Waals surface area contributed by atoms with E-state index in [-0.39, 0.29) is 18.3 Å². The van der Waals surface area contributed by atoms with Gasteiger partial charge >= 0.3 is 0 Å². The largest absolute Gasteiger partial charge is 0.326 e. The Kier molecular flexibility index (Phi) is 8.38. The number of benzene rings is 2. The van der Waals surface area contributed by atoms with Crippen molar-refractivity contribution in [2.45, 2.75) is 33.2 Å². The topological polar surface area (TPSA) is 41.1 Å². The number of aryl methyl sites for hydroxylation is 2. The first kappa shape index (κ1) is 19.2. The molecule has 0 aromatic heterocycles. The molecule has 2 N–H and O–H groups in total. The molecule has 23 heavy (non-hydrogen) atoms. The molecule has 0 heterocycles. The number of amides is 1. The van der Waals surface area contributed by atoms with E-state index in [1.54, 1.807) is 0 Å². The van der Waals surface area contributed by atoms with Crippen LogP contribution in [0.2, 0.25) is 0 Å². The van der Waals surface area contributed by atoms with Gasteiger partial charge in [-0.1, -0.05) is 49.4 Å². The van der Waals surface area contributed by atoms with E-state index < -0.39 is 0 Å². The van der Waals surface area contributed by atoms with Gasteiger partial charge in [0.1, 0.15) is 0 Å². The number of rotatable bonds is 7. The van der Waals surface area contributed by atoms with E-state index >= 15 is 0 Å². The molecule has 0 fully saturated rings. The van der Waals surface area contributed by atoms with E-state index in [4.69, 9.17) is 0 Å².